The minimum atomic E-state index is -0.843. The summed E-state index contributed by atoms with van der Waals surface area (Å²) in [6.45, 7) is 4.09. The molecule has 3 unspecified atom stereocenters. The first-order chi connectivity index (χ1) is 10.5. The van der Waals surface area contributed by atoms with Crippen LogP contribution in [0.1, 0.15) is 25.5 Å². The van der Waals surface area contributed by atoms with Gasteiger partial charge in [-0.15, -0.1) is 0 Å². The Morgan fingerprint density at radius 1 is 1.00 bits per heavy atom. The molecule has 2 rings (SSSR count). The van der Waals surface area contributed by atoms with Crippen molar-refractivity contribution in [3.63, 3.8) is 0 Å². The second-order valence-corrected chi connectivity index (χ2v) is 6.39. The number of aliphatic imine (C=N–C) groups is 2. The summed E-state index contributed by atoms with van der Waals surface area (Å²) in [5.41, 5.74) is 0.750. The van der Waals surface area contributed by atoms with Crippen molar-refractivity contribution in [2.75, 3.05) is 14.2 Å². The zero-order valence-electron chi connectivity index (χ0n) is 13.2. The molecule has 5 nitrogen and oxygen atoms in total. The lowest BCUT2D eigenvalue weighted by molar-refractivity contribution is 0.155. The van der Waals surface area contributed by atoms with E-state index in [-0.39, 0.29) is 12.0 Å². The Kier molecular flexibility index (Phi) is 5.58. The molecule has 0 aliphatic carbocycles. The van der Waals surface area contributed by atoms with Crippen molar-refractivity contribution in [2.45, 2.75) is 32.0 Å². The highest BCUT2D eigenvalue weighted by Crippen LogP contribution is 2.27. The van der Waals surface area contributed by atoms with E-state index in [9.17, 15) is 5.11 Å². The van der Waals surface area contributed by atoms with Crippen LogP contribution < -0.4 is 0 Å². The van der Waals surface area contributed by atoms with Gasteiger partial charge in [-0.25, -0.2) is 9.98 Å². The van der Waals surface area contributed by atoms with Gasteiger partial charge in [-0.3, -0.25) is 0 Å². The number of aliphatic hydroxyl groups excluding tert-OH is 1. The number of rotatable bonds is 3. The number of aliphatic hydroxyl groups is 1. The summed E-state index contributed by atoms with van der Waals surface area (Å²) >= 11 is 3.38. The number of hydrogen-bond acceptors (Lipinski definition) is 5. The quantitative estimate of drug-likeness (QED) is 0.891. The van der Waals surface area contributed by atoms with E-state index in [2.05, 4.69) is 25.9 Å². The number of nitrogens with zero attached hydrogens (tertiary/aromatic N) is 2. The van der Waals surface area contributed by atoms with Crippen LogP contribution in [-0.4, -0.2) is 43.2 Å². The standard InChI is InChI=1S/C16H21BrN2O3/c1-9(2)12-15(21-3)19-13(16(18-12)22-4)14(20)10-5-7-11(17)8-6-10/h5-9,12-14,20H,1-4H3. The highest BCUT2D eigenvalue weighted by atomic mass is 79.9. The lowest BCUT2D eigenvalue weighted by Crippen LogP contribution is -2.40. The summed E-state index contributed by atoms with van der Waals surface area (Å²) in [6, 6.07) is 6.66. The Hall–Kier alpha value is -1.40. The lowest BCUT2D eigenvalue weighted by atomic mass is 9.98. The minimum Gasteiger partial charge on any atom is -0.483 e. The summed E-state index contributed by atoms with van der Waals surface area (Å²) < 4.78 is 11.7. The van der Waals surface area contributed by atoms with Gasteiger partial charge in [0, 0.05) is 4.47 Å². The highest BCUT2D eigenvalue weighted by molar-refractivity contribution is 9.10. The van der Waals surface area contributed by atoms with Crippen molar-refractivity contribution >= 4 is 27.7 Å². The molecule has 6 heteroatoms. The number of benzene rings is 1. The van der Waals surface area contributed by atoms with E-state index in [0.29, 0.717) is 11.8 Å². The maximum absolute atomic E-state index is 10.6. The Morgan fingerprint density at radius 3 is 2.00 bits per heavy atom. The van der Waals surface area contributed by atoms with E-state index >= 15 is 0 Å². The molecule has 0 saturated heterocycles. The van der Waals surface area contributed by atoms with Crippen LogP contribution in [0.2, 0.25) is 0 Å². The van der Waals surface area contributed by atoms with Crippen LogP contribution in [0.5, 0.6) is 0 Å². The van der Waals surface area contributed by atoms with Gasteiger partial charge in [0.2, 0.25) is 11.8 Å². The van der Waals surface area contributed by atoms with E-state index in [4.69, 9.17) is 9.47 Å². The van der Waals surface area contributed by atoms with Gasteiger partial charge in [0.25, 0.3) is 0 Å². The third kappa shape index (κ3) is 3.50. The number of halogens is 1. The molecule has 0 fully saturated rings. The molecule has 0 radical (unpaired) electrons. The van der Waals surface area contributed by atoms with Gasteiger partial charge in [0.1, 0.15) is 12.1 Å². The largest absolute Gasteiger partial charge is 0.483 e. The van der Waals surface area contributed by atoms with Crippen molar-refractivity contribution < 1.29 is 14.6 Å². The summed E-state index contributed by atoms with van der Waals surface area (Å²) in [6.07, 6.45) is -0.843. The summed E-state index contributed by atoms with van der Waals surface area (Å²) in [5.74, 6) is 1.18. The van der Waals surface area contributed by atoms with Crippen LogP contribution >= 0.6 is 15.9 Å². The second-order valence-electron chi connectivity index (χ2n) is 5.47. The van der Waals surface area contributed by atoms with Gasteiger partial charge < -0.3 is 14.6 Å². The molecule has 1 aromatic rings. The van der Waals surface area contributed by atoms with E-state index in [1.807, 2.05) is 38.1 Å². The highest BCUT2D eigenvalue weighted by Gasteiger charge is 2.35. The third-order valence-corrected chi connectivity index (χ3v) is 4.13. The fourth-order valence-corrected chi connectivity index (χ4v) is 2.63. The molecule has 120 valence electrons. The molecule has 1 aliphatic rings. The van der Waals surface area contributed by atoms with E-state index < -0.39 is 12.1 Å². The predicted molar refractivity (Wildman–Crippen MR) is 90.4 cm³/mol. The molecule has 0 aromatic heterocycles. The first-order valence-corrected chi connectivity index (χ1v) is 7.94. The van der Waals surface area contributed by atoms with Gasteiger partial charge in [0.15, 0.2) is 6.04 Å². The molecule has 1 aliphatic heterocycles. The van der Waals surface area contributed by atoms with E-state index in [1.54, 1.807) is 14.2 Å². The Bertz CT molecular complexity index is 569. The monoisotopic (exact) mass is 368 g/mol. The van der Waals surface area contributed by atoms with Crippen molar-refractivity contribution in [3.05, 3.63) is 34.3 Å². The fourth-order valence-electron chi connectivity index (χ4n) is 2.37. The zero-order valence-corrected chi connectivity index (χ0v) is 14.7. The number of hydrogen-bond donors (Lipinski definition) is 1. The van der Waals surface area contributed by atoms with Crippen LogP contribution in [-0.2, 0) is 9.47 Å². The zero-order chi connectivity index (χ0) is 16.3. The molecular formula is C16H21BrN2O3. The van der Waals surface area contributed by atoms with Crippen LogP contribution in [0.25, 0.3) is 0 Å². The smallest absolute Gasteiger partial charge is 0.212 e. The summed E-state index contributed by atoms with van der Waals surface area (Å²) in [5, 5.41) is 10.6. The third-order valence-electron chi connectivity index (χ3n) is 3.60. The van der Waals surface area contributed by atoms with Gasteiger partial charge >= 0.3 is 0 Å². The molecule has 1 N–H and O–H groups in total. The van der Waals surface area contributed by atoms with Crippen molar-refractivity contribution in [1.29, 1.82) is 0 Å². The molecule has 0 amide bonds. The van der Waals surface area contributed by atoms with Crippen LogP contribution in [0.15, 0.2) is 38.7 Å². The topological polar surface area (TPSA) is 63.4 Å². The lowest BCUT2D eigenvalue weighted by Gasteiger charge is -2.29. The van der Waals surface area contributed by atoms with E-state index in [1.165, 1.54) is 0 Å². The Morgan fingerprint density at radius 2 is 1.50 bits per heavy atom. The second kappa shape index (κ2) is 7.24. The van der Waals surface area contributed by atoms with Crippen LogP contribution in [0.3, 0.4) is 0 Å². The Balaban J connectivity index is 2.34. The fraction of sp³-hybridized carbons (Fsp3) is 0.500. The minimum absolute atomic E-state index is 0.187. The molecule has 3 atom stereocenters. The number of methoxy groups -OCH3 is 2. The first kappa shape index (κ1) is 17.0. The average Bonchev–Trinajstić information content (AvgIpc) is 2.53. The van der Waals surface area contributed by atoms with Gasteiger partial charge in [-0.2, -0.15) is 0 Å². The van der Waals surface area contributed by atoms with Crippen molar-refractivity contribution in [2.24, 2.45) is 15.9 Å². The maximum Gasteiger partial charge on any atom is 0.212 e. The summed E-state index contributed by atoms with van der Waals surface area (Å²) in [4.78, 5) is 9.10. The van der Waals surface area contributed by atoms with Gasteiger partial charge in [-0.1, -0.05) is 41.9 Å². The molecule has 0 spiro atoms. The van der Waals surface area contributed by atoms with Crippen LogP contribution in [0.4, 0.5) is 0 Å². The summed E-state index contributed by atoms with van der Waals surface area (Å²) in [7, 11) is 3.12. The molecule has 1 heterocycles. The Labute approximate surface area is 139 Å². The molecule has 0 bridgehead atoms. The first-order valence-electron chi connectivity index (χ1n) is 7.14. The number of ether oxygens (including phenoxy) is 2. The van der Waals surface area contributed by atoms with Gasteiger partial charge in [0.05, 0.1) is 14.2 Å². The average molecular weight is 369 g/mol. The maximum atomic E-state index is 10.6. The van der Waals surface area contributed by atoms with E-state index in [0.717, 1.165) is 10.0 Å². The van der Waals surface area contributed by atoms with Crippen LogP contribution in [0, 0.1) is 5.92 Å². The predicted octanol–water partition coefficient (Wildman–Crippen LogP) is 2.98. The SMILES string of the molecule is COC1=NC(C(O)c2ccc(Br)cc2)C(OC)=NC1C(C)C. The molecule has 0 saturated carbocycles. The molecule has 22 heavy (non-hydrogen) atoms. The molecule has 1 aromatic carbocycles. The van der Waals surface area contributed by atoms with Crippen molar-refractivity contribution in [1.82, 2.24) is 0 Å². The van der Waals surface area contributed by atoms with Gasteiger partial charge in [-0.05, 0) is 23.6 Å². The van der Waals surface area contributed by atoms with Crippen molar-refractivity contribution in [3.8, 4) is 0 Å². The molecular weight excluding hydrogens is 348 g/mol. The normalized spacial score (nSPS) is 22.9.